The van der Waals surface area contributed by atoms with Crippen molar-refractivity contribution in [3.05, 3.63) is 36.3 Å². The van der Waals surface area contributed by atoms with Crippen LogP contribution in [-0.4, -0.2) is 54.2 Å². The van der Waals surface area contributed by atoms with Gasteiger partial charge >= 0.3 is 0 Å². The van der Waals surface area contributed by atoms with Crippen LogP contribution in [-0.2, 0) is 0 Å². The number of hydrogen-bond acceptors (Lipinski definition) is 6. The first-order valence-electron chi connectivity index (χ1n) is 9.31. The minimum absolute atomic E-state index is 0.866. The van der Waals surface area contributed by atoms with E-state index in [1.807, 2.05) is 25.3 Å². The summed E-state index contributed by atoms with van der Waals surface area (Å²) in [4.78, 5) is 21.0. The first-order chi connectivity index (χ1) is 12.3. The Morgan fingerprint density at radius 3 is 1.92 bits per heavy atom. The Morgan fingerprint density at radius 2 is 1.32 bits per heavy atom. The van der Waals surface area contributed by atoms with Gasteiger partial charge in [-0.2, -0.15) is 0 Å². The lowest BCUT2D eigenvalue weighted by molar-refractivity contribution is 0.572. The fraction of sp³-hybridized carbons (Fsp3) is 0.526. The number of nitrogens with zero attached hydrogens (tertiary/aromatic N) is 6. The summed E-state index contributed by atoms with van der Waals surface area (Å²) < 4.78 is 0. The maximum atomic E-state index is 4.70. The molecular formula is C19H26N6. The molecule has 4 rings (SSSR count). The van der Waals surface area contributed by atoms with Crippen LogP contribution in [0.3, 0.4) is 0 Å². The van der Waals surface area contributed by atoms with Crippen molar-refractivity contribution in [2.75, 3.05) is 54.0 Å². The summed E-state index contributed by atoms with van der Waals surface area (Å²) in [6.07, 6.45) is 5.73. The molecule has 2 aliphatic heterocycles. The highest BCUT2D eigenvalue weighted by Crippen LogP contribution is 2.24. The van der Waals surface area contributed by atoms with Gasteiger partial charge in [0.2, 0.25) is 0 Å². The third-order valence-electron chi connectivity index (χ3n) is 5.07. The van der Waals surface area contributed by atoms with Crippen molar-refractivity contribution in [3.8, 4) is 0 Å². The third-order valence-corrected chi connectivity index (χ3v) is 5.07. The van der Waals surface area contributed by atoms with Crippen LogP contribution in [0.25, 0.3) is 0 Å². The fourth-order valence-corrected chi connectivity index (χ4v) is 3.69. The molecular weight excluding hydrogens is 312 g/mol. The Balaban J connectivity index is 1.46. The minimum Gasteiger partial charge on any atom is -0.356 e. The van der Waals surface area contributed by atoms with Crippen molar-refractivity contribution in [1.82, 2.24) is 15.0 Å². The van der Waals surface area contributed by atoms with E-state index in [0.717, 1.165) is 62.5 Å². The van der Waals surface area contributed by atoms with Crippen molar-refractivity contribution in [3.63, 3.8) is 0 Å². The largest absolute Gasteiger partial charge is 0.356 e. The zero-order chi connectivity index (χ0) is 17.1. The second kappa shape index (κ2) is 7.25. The molecule has 0 N–H and O–H groups in total. The monoisotopic (exact) mass is 338 g/mol. The van der Waals surface area contributed by atoms with Gasteiger partial charge in [0.25, 0.3) is 0 Å². The second-order valence-electron chi connectivity index (χ2n) is 6.84. The van der Waals surface area contributed by atoms with E-state index in [4.69, 9.17) is 4.98 Å². The van der Waals surface area contributed by atoms with E-state index in [1.54, 1.807) is 0 Å². The van der Waals surface area contributed by atoms with Gasteiger partial charge in [0.05, 0.1) is 0 Å². The lowest BCUT2D eigenvalue weighted by atomic mass is 10.1. The van der Waals surface area contributed by atoms with Gasteiger partial charge in [-0.1, -0.05) is 6.07 Å². The Bertz CT molecular complexity index is 690. The van der Waals surface area contributed by atoms with Crippen LogP contribution >= 0.6 is 0 Å². The molecule has 2 saturated heterocycles. The quantitative estimate of drug-likeness (QED) is 0.857. The summed E-state index contributed by atoms with van der Waals surface area (Å²) in [5.74, 6) is 4.09. The summed E-state index contributed by atoms with van der Waals surface area (Å²) in [7, 11) is 0. The summed E-state index contributed by atoms with van der Waals surface area (Å²) in [6, 6.07) is 8.27. The van der Waals surface area contributed by atoms with E-state index in [-0.39, 0.29) is 0 Å². The van der Waals surface area contributed by atoms with E-state index in [0.29, 0.717) is 0 Å². The third kappa shape index (κ3) is 3.67. The summed E-state index contributed by atoms with van der Waals surface area (Å²) in [5.41, 5.74) is 0. The molecule has 0 amide bonds. The predicted octanol–water partition coefficient (Wildman–Crippen LogP) is 2.50. The standard InChI is InChI=1S/C19H26N6/c1-16-21-18(23-9-5-2-6-10-23)15-19(22-16)25-13-11-24(12-14-25)17-7-3-4-8-20-17/h3-4,7-8,15H,2,5-6,9-14H2,1H3. The fourth-order valence-electron chi connectivity index (χ4n) is 3.69. The zero-order valence-corrected chi connectivity index (χ0v) is 14.9. The normalized spacial score (nSPS) is 18.5. The average molecular weight is 338 g/mol. The summed E-state index contributed by atoms with van der Waals surface area (Å²) in [6.45, 7) is 8.10. The second-order valence-corrected chi connectivity index (χ2v) is 6.84. The van der Waals surface area contributed by atoms with Crippen molar-refractivity contribution < 1.29 is 0 Å². The Kier molecular flexibility index (Phi) is 4.68. The predicted molar refractivity (Wildman–Crippen MR) is 101 cm³/mol. The minimum atomic E-state index is 0.866. The molecule has 6 heteroatoms. The average Bonchev–Trinajstić information content (AvgIpc) is 2.69. The van der Waals surface area contributed by atoms with Crippen LogP contribution in [0.2, 0.25) is 0 Å². The number of rotatable bonds is 3. The topological polar surface area (TPSA) is 48.4 Å². The lowest BCUT2D eigenvalue weighted by Crippen LogP contribution is -2.47. The van der Waals surface area contributed by atoms with Gasteiger partial charge < -0.3 is 14.7 Å². The van der Waals surface area contributed by atoms with E-state index in [9.17, 15) is 0 Å². The van der Waals surface area contributed by atoms with Gasteiger partial charge in [0.15, 0.2) is 0 Å². The number of pyridine rings is 1. The van der Waals surface area contributed by atoms with E-state index < -0.39 is 0 Å². The highest BCUT2D eigenvalue weighted by Gasteiger charge is 2.21. The maximum Gasteiger partial charge on any atom is 0.134 e. The Morgan fingerprint density at radius 1 is 0.720 bits per heavy atom. The molecule has 0 saturated carbocycles. The molecule has 0 unspecified atom stereocenters. The van der Waals surface area contributed by atoms with Gasteiger partial charge in [-0.25, -0.2) is 15.0 Å². The van der Waals surface area contributed by atoms with Crippen LogP contribution < -0.4 is 14.7 Å². The van der Waals surface area contributed by atoms with Crippen LogP contribution in [0.1, 0.15) is 25.1 Å². The van der Waals surface area contributed by atoms with Crippen LogP contribution in [0, 0.1) is 6.92 Å². The molecule has 4 heterocycles. The molecule has 0 atom stereocenters. The van der Waals surface area contributed by atoms with E-state index >= 15 is 0 Å². The Labute approximate surface area is 149 Å². The van der Waals surface area contributed by atoms with Crippen LogP contribution in [0.4, 0.5) is 17.5 Å². The number of aromatic nitrogens is 3. The molecule has 6 nitrogen and oxygen atoms in total. The van der Waals surface area contributed by atoms with Gasteiger partial charge in [0.1, 0.15) is 23.3 Å². The van der Waals surface area contributed by atoms with Crippen molar-refractivity contribution in [2.24, 2.45) is 0 Å². The van der Waals surface area contributed by atoms with Crippen molar-refractivity contribution in [1.29, 1.82) is 0 Å². The molecule has 0 aromatic carbocycles. The molecule has 2 aliphatic rings. The highest BCUT2D eigenvalue weighted by atomic mass is 15.3. The summed E-state index contributed by atoms with van der Waals surface area (Å²) >= 11 is 0. The van der Waals surface area contributed by atoms with Gasteiger partial charge in [-0.3, -0.25) is 0 Å². The maximum absolute atomic E-state index is 4.70. The van der Waals surface area contributed by atoms with Gasteiger partial charge in [-0.05, 0) is 38.3 Å². The zero-order valence-electron chi connectivity index (χ0n) is 14.9. The first-order valence-corrected chi connectivity index (χ1v) is 9.31. The van der Waals surface area contributed by atoms with Gasteiger partial charge in [-0.15, -0.1) is 0 Å². The SMILES string of the molecule is Cc1nc(N2CCCCC2)cc(N2CCN(c3ccccn3)CC2)n1. The number of piperidine rings is 1. The lowest BCUT2D eigenvalue weighted by Gasteiger charge is -2.36. The highest BCUT2D eigenvalue weighted by molar-refractivity contribution is 5.52. The van der Waals surface area contributed by atoms with E-state index in [1.165, 1.54) is 19.3 Å². The molecule has 2 fully saturated rings. The molecule has 0 spiro atoms. The number of anilines is 3. The smallest absolute Gasteiger partial charge is 0.134 e. The molecule has 0 aliphatic carbocycles. The first kappa shape index (κ1) is 16.1. The number of hydrogen-bond donors (Lipinski definition) is 0. The van der Waals surface area contributed by atoms with Crippen LogP contribution in [0.15, 0.2) is 30.5 Å². The van der Waals surface area contributed by atoms with Crippen molar-refractivity contribution >= 4 is 17.5 Å². The summed E-state index contributed by atoms with van der Waals surface area (Å²) in [5, 5.41) is 0. The molecule has 0 bridgehead atoms. The molecule has 2 aromatic rings. The number of piperazine rings is 1. The van der Waals surface area contributed by atoms with E-state index in [2.05, 4.69) is 36.8 Å². The molecule has 25 heavy (non-hydrogen) atoms. The molecule has 132 valence electrons. The Hall–Kier alpha value is -2.37. The van der Waals surface area contributed by atoms with Crippen molar-refractivity contribution in [2.45, 2.75) is 26.2 Å². The molecule has 0 radical (unpaired) electrons. The van der Waals surface area contributed by atoms with Gasteiger partial charge in [0, 0.05) is 51.5 Å². The molecule has 2 aromatic heterocycles. The van der Waals surface area contributed by atoms with Crippen LogP contribution in [0.5, 0.6) is 0 Å². The number of aryl methyl sites for hydroxylation is 1.